The van der Waals surface area contributed by atoms with Gasteiger partial charge in [-0.3, -0.25) is 4.90 Å². The van der Waals surface area contributed by atoms with Crippen molar-refractivity contribution in [2.24, 2.45) is 10.7 Å². The van der Waals surface area contributed by atoms with E-state index in [1.165, 1.54) is 24.2 Å². The number of likely N-dealkylation sites (N-methyl/N-ethyl adjacent to an activating group) is 1. The molecule has 1 aromatic heterocycles. The van der Waals surface area contributed by atoms with Crippen LogP contribution in [0.15, 0.2) is 40.8 Å². The predicted octanol–water partition coefficient (Wildman–Crippen LogP) is 1.92. The maximum absolute atomic E-state index is 6.27. The summed E-state index contributed by atoms with van der Waals surface area (Å²) in [5.74, 6) is 0.645. The van der Waals surface area contributed by atoms with Crippen LogP contribution in [-0.2, 0) is 13.1 Å². The molecule has 0 amide bonds. The molecule has 7 nitrogen and oxygen atoms in total. The molecule has 0 saturated carbocycles. The van der Waals surface area contributed by atoms with Crippen molar-refractivity contribution in [1.29, 1.82) is 0 Å². The average Bonchev–Trinajstić information content (AvgIpc) is 3.34. The molecule has 3 heterocycles. The summed E-state index contributed by atoms with van der Waals surface area (Å²) < 4.78 is 0. The lowest BCUT2D eigenvalue weighted by molar-refractivity contribution is 0.132. The molecule has 2 aromatic rings. The van der Waals surface area contributed by atoms with Crippen LogP contribution in [0.1, 0.15) is 18.1 Å². The van der Waals surface area contributed by atoms with Gasteiger partial charge in [-0.1, -0.05) is 31.2 Å². The first-order valence-electron chi connectivity index (χ1n) is 10.9. The third kappa shape index (κ3) is 5.50. The van der Waals surface area contributed by atoms with Crippen LogP contribution in [0.3, 0.4) is 0 Å². The van der Waals surface area contributed by atoms with Crippen LogP contribution in [0.2, 0.25) is 0 Å². The number of rotatable bonds is 6. The molecule has 8 heteroatoms. The summed E-state index contributed by atoms with van der Waals surface area (Å²) in [6.07, 6.45) is 1.86. The van der Waals surface area contributed by atoms with E-state index in [-0.39, 0.29) is 0 Å². The third-order valence-corrected chi connectivity index (χ3v) is 6.89. The van der Waals surface area contributed by atoms with Crippen LogP contribution in [-0.4, -0.2) is 84.5 Å². The molecule has 0 aliphatic carbocycles. The van der Waals surface area contributed by atoms with E-state index in [4.69, 9.17) is 5.73 Å². The number of aliphatic imine (C=N–C) groups is 1. The summed E-state index contributed by atoms with van der Waals surface area (Å²) in [6.45, 7) is 13.4. The van der Waals surface area contributed by atoms with Crippen molar-refractivity contribution in [3.05, 3.63) is 47.0 Å². The van der Waals surface area contributed by atoms with E-state index in [1.54, 1.807) is 11.3 Å². The molecule has 0 atom stereocenters. The molecule has 162 valence electrons. The van der Waals surface area contributed by atoms with Crippen molar-refractivity contribution in [2.75, 3.05) is 63.8 Å². The van der Waals surface area contributed by atoms with Gasteiger partial charge in [-0.15, -0.1) is 11.3 Å². The van der Waals surface area contributed by atoms with E-state index in [1.807, 2.05) is 11.6 Å². The van der Waals surface area contributed by atoms with Gasteiger partial charge in [0.1, 0.15) is 0 Å². The minimum Gasteiger partial charge on any atom is -0.370 e. The molecule has 30 heavy (non-hydrogen) atoms. The Balaban J connectivity index is 1.23. The van der Waals surface area contributed by atoms with Crippen LogP contribution in [0, 0.1) is 0 Å². The van der Waals surface area contributed by atoms with Crippen molar-refractivity contribution in [2.45, 2.75) is 20.0 Å². The lowest BCUT2D eigenvalue weighted by Crippen LogP contribution is -2.51. The standard InChI is InChI=1S/C22H33N7S/c1-2-26-8-10-27(11-9-26)18-20-5-3-19(4-6-20)17-25-21(23)28-12-14-29(15-13-28)22-24-7-16-30-22/h3-7,16H,2,8-15,17-18H2,1H3,(H2,23,25). The Bertz CT molecular complexity index is 789. The second-order valence-corrected chi connectivity index (χ2v) is 8.86. The highest BCUT2D eigenvalue weighted by Crippen LogP contribution is 2.19. The molecular weight excluding hydrogens is 394 g/mol. The second kappa shape index (κ2) is 10.2. The van der Waals surface area contributed by atoms with Gasteiger partial charge in [0.05, 0.1) is 6.54 Å². The third-order valence-electron chi connectivity index (χ3n) is 6.06. The molecule has 2 aliphatic heterocycles. The second-order valence-electron chi connectivity index (χ2n) is 7.99. The summed E-state index contributed by atoms with van der Waals surface area (Å²) in [7, 11) is 0. The Kier molecular flexibility index (Phi) is 7.20. The van der Waals surface area contributed by atoms with E-state index in [0.29, 0.717) is 12.5 Å². The Morgan fingerprint density at radius 2 is 1.63 bits per heavy atom. The van der Waals surface area contributed by atoms with Gasteiger partial charge < -0.3 is 20.4 Å². The van der Waals surface area contributed by atoms with Crippen molar-refractivity contribution in [3.8, 4) is 0 Å². The summed E-state index contributed by atoms with van der Waals surface area (Å²) >= 11 is 1.69. The average molecular weight is 428 g/mol. The van der Waals surface area contributed by atoms with E-state index < -0.39 is 0 Å². The lowest BCUT2D eigenvalue weighted by atomic mass is 10.1. The number of anilines is 1. The molecular formula is C22H33N7S. The molecule has 1 aromatic carbocycles. The van der Waals surface area contributed by atoms with E-state index >= 15 is 0 Å². The highest BCUT2D eigenvalue weighted by molar-refractivity contribution is 7.13. The quantitative estimate of drug-likeness (QED) is 0.561. The first-order chi connectivity index (χ1) is 14.7. The number of guanidine groups is 1. The van der Waals surface area contributed by atoms with Gasteiger partial charge in [0.25, 0.3) is 0 Å². The van der Waals surface area contributed by atoms with Crippen molar-refractivity contribution < 1.29 is 0 Å². The molecule has 0 bridgehead atoms. The van der Waals surface area contributed by atoms with Crippen LogP contribution >= 0.6 is 11.3 Å². The van der Waals surface area contributed by atoms with Gasteiger partial charge in [-0.2, -0.15) is 0 Å². The SMILES string of the molecule is CCN1CCN(Cc2ccc(CN=C(N)N3CCN(c4nccs4)CC3)cc2)CC1. The molecule has 4 rings (SSSR count). The Labute approximate surface area is 183 Å². The van der Waals surface area contributed by atoms with E-state index in [0.717, 1.165) is 57.5 Å². The fourth-order valence-corrected chi connectivity index (χ4v) is 4.74. The number of nitrogens with two attached hydrogens (primary N) is 1. The summed E-state index contributed by atoms with van der Waals surface area (Å²) in [4.78, 5) is 18.6. The number of nitrogens with zero attached hydrogens (tertiary/aromatic N) is 6. The van der Waals surface area contributed by atoms with Gasteiger partial charge in [-0.05, 0) is 17.7 Å². The molecule has 2 aliphatic rings. The normalized spacial score (nSPS) is 19.4. The minimum absolute atomic E-state index is 0.633. The number of benzene rings is 1. The summed E-state index contributed by atoms with van der Waals surface area (Å²) in [5, 5.41) is 3.12. The van der Waals surface area contributed by atoms with E-state index in [2.05, 4.69) is 60.8 Å². The number of aromatic nitrogens is 1. The Morgan fingerprint density at radius 3 is 2.27 bits per heavy atom. The molecule has 0 spiro atoms. The van der Waals surface area contributed by atoms with Crippen molar-refractivity contribution >= 4 is 22.4 Å². The van der Waals surface area contributed by atoms with Crippen LogP contribution < -0.4 is 10.6 Å². The smallest absolute Gasteiger partial charge is 0.191 e. The highest BCUT2D eigenvalue weighted by atomic mass is 32.1. The van der Waals surface area contributed by atoms with Gasteiger partial charge in [0, 0.05) is 70.5 Å². The fourth-order valence-electron chi connectivity index (χ4n) is 4.04. The summed E-state index contributed by atoms with van der Waals surface area (Å²) in [5.41, 5.74) is 8.85. The topological polar surface area (TPSA) is 64.2 Å². The number of hydrogen-bond donors (Lipinski definition) is 1. The maximum atomic E-state index is 6.27. The maximum Gasteiger partial charge on any atom is 0.191 e. The van der Waals surface area contributed by atoms with Gasteiger partial charge in [0.15, 0.2) is 11.1 Å². The molecule has 2 N–H and O–H groups in total. The zero-order valence-corrected chi connectivity index (χ0v) is 18.7. The molecule has 2 saturated heterocycles. The number of hydrogen-bond acceptors (Lipinski definition) is 6. The number of piperazine rings is 2. The highest BCUT2D eigenvalue weighted by Gasteiger charge is 2.20. The van der Waals surface area contributed by atoms with Gasteiger partial charge in [-0.25, -0.2) is 9.98 Å². The molecule has 2 fully saturated rings. The number of thiazole rings is 1. The summed E-state index contributed by atoms with van der Waals surface area (Å²) in [6, 6.07) is 8.85. The fraction of sp³-hybridized carbons (Fsp3) is 0.545. The predicted molar refractivity (Wildman–Crippen MR) is 125 cm³/mol. The van der Waals surface area contributed by atoms with Crippen molar-refractivity contribution in [3.63, 3.8) is 0 Å². The Morgan fingerprint density at radius 1 is 0.967 bits per heavy atom. The van der Waals surface area contributed by atoms with Crippen molar-refractivity contribution in [1.82, 2.24) is 19.7 Å². The monoisotopic (exact) mass is 427 g/mol. The Hall–Kier alpha value is -2.16. The van der Waals surface area contributed by atoms with Gasteiger partial charge >= 0.3 is 0 Å². The van der Waals surface area contributed by atoms with Crippen LogP contribution in [0.25, 0.3) is 0 Å². The first-order valence-corrected chi connectivity index (χ1v) is 11.8. The lowest BCUT2D eigenvalue weighted by Gasteiger charge is -2.35. The minimum atomic E-state index is 0.633. The molecule has 0 radical (unpaired) electrons. The first kappa shape index (κ1) is 21.1. The van der Waals surface area contributed by atoms with Crippen LogP contribution in [0.4, 0.5) is 5.13 Å². The zero-order chi connectivity index (χ0) is 20.8. The van der Waals surface area contributed by atoms with Gasteiger partial charge in [0.2, 0.25) is 0 Å². The van der Waals surface area contributed by atoms with E-state index in [9.17, 15) is 0 Å². The largest absolute Gasteiger partial charge is 0.370 e. The molecule has 0 unspecified atom stereocenters. The van der Waals surface area contributed by atoms with Crippen LogP contribution in [0.5, 0.6) is 0 Å². The zero-order valence-electron chi connectivity index (χ0n) is 17.9.